The van der Waals surface area contributed by atoms with Gasteiger partial charge in [-0.1, -0.05) is 26.3 Å². The van der Waals surface area contributed by atoms with E-state index < -0.39 is 31.1 Å². The van der Waals surface area contributed by atoms with Crippen LogP contribution in [0.4, 0.5) is 26.3 Å². The van der Waals surface area contributed by atoms with Crippen molar-refractivity contribution in [1.29, 1.82) is 0 Å². The zero-order valence-electron chi connectivity index (χ0n) is 14.6. The zero-order valence-corrected chi connectivity index (χ0v) is 16.2. The van der Waals surface area contributed by atoms with Crippen LogP contribution in [0.1, 0.15) is 32.6 Å². The number of halogens is 6. The average molecular weight is 459 g/mol. The van der Waals surface area contributed by atoms with E-state index in [4.69, 9.17) is 0 Å². The molecule has 0 aliphatic carbocycles. The minimum absolute atomic E-state index is 0.778. The van der Waals surface area contributed by atoms with Crippen molar-refractivity contribution in [3.8, 4) is 0 Å². The summed E-state index contributed by atoms with van der Waals surface area (Å²) in [5.41, 5.74) is -12.4. The van der Waals surface area contributed by atoms with E-state index >= 15 is 0 Å². The third-order valence-electron chi connectivity index (χ3n) is 2.97. The van der Waals surface area contributed by atoms with Gasteiger partial charge in [-0.3, -0.25) is 0 Å². The fraction of sp³-hybridized carbons (Fsp3) is 0.615. The lowest BCUT2D eigenvalue weighted by Gasteiger charge is -2.22. The maximum absolute atomic E-state index is 11.4. The van der Waals surface area contributed by atoms with Gasteiger partial charge in [0.25, 0.3) is 0 Å². The normalized spacial score (nSPS) is 13.0. The third-order valence-corrected chi connectivity index (χ3v) is 5.71. The van der Waals surface area contributed by atoms with Crippen LogP contribution in [0.3, 0.4) is 0 Å². The number of nitrogens with zero attached hydrogens (tertiary/aromatic N) is 3. The number of imidazole rings is 1. The number of hydrogen-bond donors (Lipinski definition) is 0. The molecule has 0 fully saturated rings. The molecule has 28 heavy (non-hydrogen) atoms. The third kappa shape index (κ3) is 8.60. The predicted molar refractivity (Wildman–Crippen MR) is 88.5 cm³/mol. The molecule has 1 heterocycles. The molecule has 1 aromatic heterocycles. The van der Waals surface area contributed by atoms with E-state index in [1.807, 2.05) is 17.0 Å². The molecule has 0 N–H and O–H groups in total. The lowest BCUT2D eigenvalue weighted by molar-refractivity contribution is -0.696. The Labute approximate surface area is 158 Å². The van der Waals surface area contributed by atoms with Crippen LogP contribution in [0.25, 0.3) is 10.3 Å². The molecule has 0 bridgehead atoms. The summed E-state index contributed by atoms with van der Waals surface area (Å²) < 4.78 is 113. The lowest BCUT2D eigenvalue weighted by Crippen LogP contribution is -2.30. The van der Waals surface area contributed by atoms with Gasteiger partial charge in [-0.25, -0.2) is 26.0 Å². The van der Waals surface area contributed by atoms with Gasteiger partial charge in [0.15, 0.2) is 20.0 Å². The number of unbranched alkanes of at least 4 members (excludes halogenated alkanes) is 3. The van der Waals surface area contributed by atoms with Gasteiger partial charge in [-0.05, 0) is 12.8 Å². The number of alkyl halides is 6. The molecule has 0 spiro atoms. The van der Waals surface area contributed by atoms with E-state index in [0.29, 0.717) is 0 Å². The van der Waals surface area contributed by atoms with Gasteiger partial charge in [0, 0.05) is 0 Å². The molecule has 0 aromatic carbocycles. The van der Waals surface area contributed by atoms with Crippen LogP contribution in [0, 0.1) is 0 Å². The highest BCUT2D eigenvalue weighted by molar-refractivity contribution is 8.13. The predicted octanol–water partition coefficient (Wildman–Crippen LogP) is 3.52. The quantitative estimate of drug-likeness (QED) is 0.338. The summed E-state index contributed by atoms with van der Waals surface area (Å²) in [7, 11) is -13.4. The van der Waals surface area contributed by atoms with Gasteiger partial charge in [-0.15, -0.1) is 0 Å². The van der Waals surface area contributed by atoms with Crippen molar-refractivity contribution in [1.82, 2.24) is 4.57 Å². The van der Waals surface area contributed by atoms with Gasteiger partial charge in [0.05, 0.1) is 12.7 Å². The smallest absolute Gasteiger partial charge is 0.421 e. The maximum atomic E-state index is 11.4. The Balaban J connectivity index is 0.000000525. The summed E-state index contributed by atoms with van der Waals surface area (Å²) in [5, 5.41) is 0. The molecule has 1 rings (SSSR count). The van der Waals surface area contributed by atoms with Crippen LogP contribution in [0.2, 0.25) is 0 Å². The molecule has 0 saturated carbocycles. The van der Waals surface area contributed by atoms with Gasteiger partial charge >= 0.3 is 11.0 Å². The first-order valence-corrected chi connectivity index (χ1v) is 10.5. The van der Waals surface area contributed by atoms with E-state index in [1.54, 1.807) is 0 Å². The molecule has 0 saturated heterocycles. The van der Waals surface area contributed by atoms with Crippen molar-refractivity contribution in [3.05, 3.63) is 29.4 Å². The first-order chi connectivity index (χ1) is 12.6. The summed E-state index contributed by atoms with van der Waals surface area (Å²) >= 11 is 0. The number of aromatic nitrogens is 2. The minimum atomic E-state index is -6.72. The van der Waals surface area contributed by atoms with Gasteiger partial charge < -0.3 is 4.13 Å². The first kappa shape index (κ1) is 26.4. The first-order valence-electron chi connectivity index (χ1n) is 7.63. The highest BCUT2D eigenvalue weighted by Gasteiger charge is 2.46. The highest BCUT2D eigenvalue weighted by Crippen LogP contribution is 2.36. The summed E-state index contributed by atoms with van der Waals surface area (Å²) in [6, 6.07) is 0. The Bertz CT molecular complexity index is 787. The van der Waals surface area contributed by atoms with Gasteiger partial charge in [0.2, 0.25) is 6.33 Å². The largest absolute Gasteiger partial charge is 0.480 e. The van der Waals surface area contributed by atoms with E-state index in [0.717, 1.165) is 10.7 Å². The molecule has 0 amide bonds. The molecule has 164 valence electrons. The van der Waals surface area contributed by atoms with E-state index in [1.165, 1.54) is 25.7 Å². The Hall–Kier alpha value is -1.61. The summed E-state index contributed by atoms with van der Waals surface area (Å²) in [4.78, 5) is 0. The zero-order chi connectivity index (χ0) is 22.2. The van der Waals surface area contributed by atoms with Gasteiger partial charge in [-0.2, -0.15) is 26.3 Å². The van der Waals surface area contributed by atoms with Crippen molar-refractivity contribution in [2.24, 2.45) is 0 Å². The van der Waals surface area contributed by atoms with Crippen LogP contribution >= 0.6 is 0 Å². The Morgan fingerprint density at radius 2 is 1.50 bits per heavy atom. The lowest BCUT2D eigenvalue weighted by atomic mass is 10.2. The Kier molecular flexibility index (Phi) is 9.66. The standard InChI is InChI=1S/C11H19N2.C2F6NO4S2/c1-3-5-6-7-8-13-10-9-12(4-2)11-13;3-1(4,5)14(10,11)9-15(12,13)2(6,7)8/h4,9-11H,2-3,5-8H2,1H3;/q+1;-1. The number of hydrogen-bond acceptors (Lipinski definition) is 4. The SMILES string of the molecule is C=Cn1cc[n+](CCCCCC)c1.O=S(=O)([N-]S(=O)(=O)C(F)(F)F)C(F)(F)F. The van der Waals surface area contributed by atoms with E-state index in [2.05, 4.69) is 30.6 Å². The monoisotopic (exact) mass is 459 g/mol. The molecule has 0 aliphatic rings. The summed E-state index contributed by atoms with van der Waals surface area (Å²) in [5.74, 6) is 0. The second-order valence-corrected chi connectivity index (χ2v) is 8.68. The second-order valence-electron chi connectivity index (χ2n) is 5.26. The van der Waals surface area contributed by atoms with E-state index in [9.17, 15) is 43.2 Å². The van der Waals surface area contributed by atoms with Crippen molar-refractivity contribution in [2.45, 2.75) is 50.2 Å². The van der Waals surface area contributed by atoms with Crippen molar-refractivity contribution in [3.63, 3.8) is 0 Å². The number of sulfonamides is 2. The molecule has 1 aromatic rings. The van der Waals surface area contributed by atoms with Crippen LogP contribution in [-0.4, -0.2) is 32.4 Å². The van der Waals surface area contributed by atoms with Crippen molar-refractivity contribution in [2.75, 3.05) is 0 Å². The molecule has 15 heteroatoms. The average Bonchev–Trinajstić information content (AvgIpc) is 2.97. The fourth-order valence-corrected chi connectivity index (χ4v) is 3.30. The number of rotatable bonds is 8. The fourth-order valence-electron chi connectivity index (χ4n) is 1.59. The molecule has 0 aliphatic heterocycles. The molecule has 0 atom stereocenters. The molecular formula is C13H19F6N3O4S2. The van der Waals surface area contributed by atoms with Crippen molar-refractivity contribution < 1.29 is 47.7 Å². The Morgan fingerprint density at radius 3 is 1.86 bits per heavy atom. The van der Waals surface area contributed by atoms with Gasteiger partial charge in [0.1, 0.15) is 12.4 Å². The second kappa shape index (κ2) is 10.2. The van der Waals surface area contributed by atoms with Crippen molar-refractivity contribution >= 4 is 26.2 Å². The van der Waals surface area contributed by atoms with E-state index in [-0.39, 0.29) is 0 Å². The van der Waals surface area contributed by atoms with Crippen LogP contribution in [0.15, 0.2) is 25.3 Å². The van der Waals surface area contributed by atoms with Crippen LogP contribution in [-0.2, 0) is 26.6 Å². The number of aryl methyl sites for hydroxylation is 1. The molecule has 0 unspecified atom stereocenters. The summed E-state index contributed by atoms with van der Waals surface area (Å²) in [6.07, 6.45) is 13.3. The Morgan fingerprint density at radius 1 is 1.00 bits per heavy atom. The van der Waals surface area contributed by atoms with Crippen LogP contribution < -0.4 is 4.57 Å². The topological polar surface area (TPSA) is 91.2 Å². The minimum Gasteiger partial charge on any atom is -0.421 e. The highest BCUT2D eigenvalue weighted by atomic mass is 32.3. The van der Waals surface area contributed by atoms with Crippen LogP contribution in [0.5, 0.6) is 0 Å². The maximum Gasteiger partial charge on any atom is 0.480 e. The summed E-state index contributed by atoms with van der Waals surface area (Å²) in [6.45, 7) is 7.07. The molecular weight excluding hydrogens is 440 g/mol. The molecule has 0 radical (unpaired) electrons. The molecule has 7 nitrogen and oxygen atoms in total.